The topological polar surface area (TPSA) is 75.6 Å². The monoisotopic (exact) mass is 319 g/mol. The average molecular weight is 319 g/mol. The number of ether oxygens (including phenoxy) is 1. The van der Waals surface area contributed by atoms with E-state index in [1.807, 2.05) is 31.2 Å². The van der Waals surface area contributed by atoms with Crippen LogP contribution in [-0.2, 0) is 20.7 Å². The molecule has 1 amide bonds. The Morgan fingerprint density at radius 1 is 1.35 bits per heavy atom. The Labute approximate surface area is 137 Å². The van der Waals surface area contributed by atoms with E-state index in [1.165, 1.54) is 0 Å². The number of carboxylic acid groups (broad SMARTS) is 1. The van der Waals surface area contributed by atoms with E-state index in [4.69, 9.17) is 4.74 Å². The van der Waals surface area contributed by atoms with Crippen molar-refractivity contribution < 1.29 is 19.4 Å². The molecule has 0 spiro atoms. The molecule has 2 atom stereocenters. The third kappa shape index (κ3) is 6.02. The number of rotatable bonds is 8. The zero-order valence-electron chi connectivity index (χ0n) is 13.6. The molecule has 0 radical (unpaired) electrons. The largest absolute Gasteiger partial charge is 0.481 e. The summed E-state index contributed by atoms with van der Waals surface area (Å²) >= 11 is 0. The third-order valence-electron chi connectivity index (χ3n) is 4.21. The van der Waals surface area contributed by atoms with Crippen LogP contribution >= 0.6 is 0 Å². The van der Waals surface area contributed by atoms with Gasteiger partial charge in [-0.3, -0.25) is 9.59 Å². The van der Waals surface area contributed by atoms with Crippen LogP contribution in [0.5, 0.6) is 0 Å². The fourth-order valence-corrected chi connectivity index (χ4v) is 2.74. The van der Waals surface area contributed by atoms with Gasteiger partial charge in [-0.05, 0) is 38.2 Å². The van der Waals surface area contributed by atoms with E-state index in [2.05, 4.69) is 5.32 Å². The quantitative estimate of drug-likeness (QED) is 0.771. The van der Waals surface area contributed by atoms with Crippen molar-refractivity contribution in [1.29, 1.82) is 0 Å². The first-order valence-electron chi connectivity index (χ1n) is 8.21. The van der Waals surface area contributed by atoms with Crippen molar-refractivity contribution in [1.82, 2.24) is 5.32 Å². The number of hydrogen-bond donors (Lipinski definition) is 2. The molecule has 1 aliphatic rings. The fraction of sp³-hybridized carbons (Fsp3) is 0.556. The summed E-state index contributed by atoms with van der Waals surface area (Å²) in [4.78, 5) is 23.2. The maximum atomic E-state index is 11.9. The Morgan fingerprint density at radius 2 is 2.09 bits per heavy atom. The van der Waals surface area contributed by atoms with E-state index < -0.39 is 11.9 Å². The van der Waals surface area contributed by atoms with Gasteiger partial charge < -0.3 is 15.2 Å². The molecule has 2 N–H and O–H groups in total. The lowest BCUT2D eigenvalue weighted by atomic mass is 9.98. The molecule has 0 aliphatic carbocycles. The van der Waals surface area contributed by atoms with E-state index in [-0.39, 0.29) is 18.6 Å². The zero-order chi connectivity index (χ0) is 16.7. The van der Waals surface area contributed by atoms with Crippen LogP contribution in [0.4, 0.5) is 0 Å². The predicted octanol–water partition coefficient (Wildman–Crippen LogP) is 2.31. The summed E-state index contributed by atoms with van der Waals surface area (Å²) in [6.45, 7) is 2.93. The highest BCUT2D eigenvalue weighted by Crippen LogP contribution is 2.16. The summed E-state index contributed by atoms with van der Waals surface area (Å²) in [6.07, 6.45) is 3.77. The van der Waals surface area contributed by atoms with Gasteiger partial charge in [-0.1, -0.05) is 29.8 Å². The number of nitrogens with one attached hydrogen (secondary N) is 1. The molecular formula is C18H25NO4. The maximum absolute atomic E-state index is 11.9. The molecule has 126 valence electrons. The van der Waals surface area contributed by atoms with Gasteiger partial charge in [-0.25, -0.2) is 0 Å². The van der Waals surface area contributed by atoms with Crippen molar-refractivity contribution in [2.24, 2.45) is 5.92 Å². The Kier molecular flexibility index (Phi) is 6.59. The molecule has 0 bridgehead atoms. The molecule has 2 rings (SSSR count). The minimum absolute atomic E-state index is 0.101. The van der Waals surface area contributed by atoms with Crippen molar-refractivity contribution in [3.05, 3.63) is 35.4 Å². The number of aryl methyl sites for hydroxylation is 1. The van der Waals surface area contributed by atoms with Crippen LogP contribution in [0.1, 0.15) is 36.8 Å². The second kappa shape index (κ2) is 8.67. The lowest BCUT2D eigenvalue weighted by Gasteiger charge is -2.14. The summed E-state index contributed by atoms with van der Waals surface area (Å²) in [5.41, 5.74) is 2.11. The van der Waals surface area contributed by atoms with E-state index in [9.17, 15) is 14.7 Å². The van der Waals surface area contributed by atoms with Gasteiger partial charge in [0.15, 0.2) is 0 Å². The third-order valence-corrected chi connectivity index (χ3v) is 4.21. The average Bonchev–Trinajstić information content (AvgIpc) is 3.04. The summed E-state index contributed by atoms with van der Waals surface area (Å²) in [5, 5.41) is 12.1. The second-order valence-corrected chi connectivity index (χ2v) is 6.20. The number of amides is 1. The van der Waals surface area contributed by atoms with Gasteiger partial charge in [0.05, 0.1) is 12.0 Å². The van der Waals surface area contributed by atoms with E-state index in [0.717, 1.165) is 30.6 Å². The Morgan fingerprint density at radius 3 is 2.70 bits per heavy atom. The molecule has 5 heteroatoms. The fourth-order valence-electron chi connectivity index (χ4n) is 2.74. The van der Waals surface area contributed by atoms with Crippen LogP contribution in [0.2, 0.25) is 0 Å². The first-order valence-corrected chi connectivity index (χ1v) is 8.21. The molecule has 0 unspecified atom stereocenters. The second-order valence-electron chi connectivity index (χ2n) is 6.20. The number of carbonyl (C=O) groups is 2. The molecular weight excluding hydrogens is 294 g/mol. The molecule has 5 nitrogen and oxygen atoms in total. The minimum atomic E-state index is -0.884. The summed E-state index contributed by atoms with van der Waals surface area (Å²) < 4.78 is 5.48. The van der Waals surface area contributed by atoms with E-state index in [1.54, 1.807) is 0 Å². The van der Waals surface area contributed by atoms with E-state index in [0.29, 0.717) is 19.3 Å². The summed E-state index contributed by atoms with van der Waals surface area (Å²) in [5.74, 6) is -1.59. The maximum Gasteiger partial charge on any atom is 0.308 e. The van der Waals surface area contributed by atoms with E-state index >= 15 is 0 Å². The molecule has 1 saturated heterocycles. The van der Waals surface area contributed by atoms with Crippen LogP contribution in [0, 0.1) is 12.8 Å². The van der Waals surface area contributed by atoms with Crippen LogP contribution in [0.3, 0.4) is 0 Å². The Balaban J connectivity index is 1.76. The van der Waals surface area contributed by atoms with Crippen LogP contribution < -0.4 is 5.32 Å². The van der Waals surface area contributed by atoms with Crippen LogP contribution in [0.25, 0.3) is 0 Å². The Hall–Kier alpha value is -1.88. The highest BCUT2D eigenvalue weighted by molar-refractivity contribution is 5.77. The smallest absolute Gasteiger partial charge is 0.308 e. The van der Waals surface area contributed by atoms with Gasteiger partial charge >= 0.3 is 5.97 Å². The highest BCUT2D eigenvalue weighted by Gasteiger charge is 2.20. The molecule has 1 heterocycles. The van der Waals surface area contributed by atoms with Gasteiger partial charge in [0.25, 0.3) is 0 Å². The molecule has 1 aliphatic heterocycles. The van der Waals surface area contributed by atoms with Crippen molar-refractivity contribution in [3.8, 4) is 0 Å². The number of carbonyl (C=O) groups excluding carboxylic acids is 1. The van der Waals surface area contributed by atoms with Gasteiger partial charge in [0.1, 0.15) is 0 Å². The molecule has 1 aromatic rings. The van der Waals surface area contributed by atoms with Gasteiger partial charge in [-0.15, -0.1) is 0 Å². The summed E-state index contributed by atoms with van der Waals surface area (Å²) in [7, 11) is 0. The van der Waals surface area contributed by atoms with Crippen molar-refractivity contribution >= 4 is 11.9 Å². The SMILES string of the molecule is Cc1ccc(C[C@H](CNC(=O)CC[C@@H]2CCCO2)C(=O)O)cc1. The predicted molar refractivity (Wildman–Crippen MR) is 87.2 cm³/mol. The molecule has 0 saturated carbocycles. The highest BCUT2D eigenvalue weighted by atomic mass is 16.5. The summed E-state index contributed by atoms with van der Waals surface area (Å²) in [6, 6.07) is 7.80. The van der Waals surface area contributed by atoms with Crippen LogP contribution in [-0.4, -0.2) is 36.2 Å². The Bertz CT molecular complexity index is 520. The molecule has 0 aromatic heterocycles. The zero-order valence-corrected chi connectivity index (χ0v) is 13.6. The molecule has 1 aromatic carbocycles. The minimum Gasteiger partial charge on any atom is -0.481 e. The van der Waals surface area contributed by atoms with Crippen LogP contribution in [0.15, 0.2) is 24.3 Å². The van der Waals surface area contributed by atoms with Gasteiger partial charge in [0, 0.05) is 19.6 Å². The molecule has 23 heavy (non-hydrogen) atoms. The van der Waals surface area contributed by atoms with Crippen molar-refractivity contribution in [3.63, 3.8) is 0 Å². The number of benzene rings is 1. The molecule has 1 fully saturated rings. The van der Waals surface area contributed by atoms with Gasteiger partial charge in [-0.2, -0.15) is 0 Å². The lowest BCUT2D eigenvalue weighted by Crippen LogP contribution is -2.34. The lowest BCUT2D eigenvalue weighted by molar-refractivity contribution is -0.141. The first kappa shape index (κ1) is 17.5. The number of carboxylic acids is 1. The number of aliphatic carboxylic acids is 1. The number of hydrogen-bond acceptors (Lipinski definition) is 3. The van der Waals surface area contributed by atoms with Crippen molar-refractivity contribution in [2.45, 2.75) is 45.1 Å². The standard InChI is InChI=1S/C18H25NO4/c1-13-4-6-14(7-5-13)11-15(18(21)22)12-19-17(20)9-8-16-3-2-10-23-16/h4-7,15-16H,2-3,8-12H2,1H3,(H,19,20)(H,21,22)/t15-,16+/m1/s1. The first-order chi connectivity index (χ1) is 11.0. The van der Waals surface area contributed by atoms with Crippen molar-refractivity contribution in [2.75, 3.05) is 13.2 Å². The normalized spacial score (nSPS) is 18.6. The van der Waals surface area contributed by atoms with Gasteiger partial charge in [0.2, 0.25) is 5.91 Å².